The van der Waals surface area contributed by atoms with Gasteiger partial charge < -0.3 is 10.2 Å². The van der Waals surface area contributed by atoms with Gasteiger partial charge in [0, 0.05) is 13.6 Å². The van der Waals surface area contributed by atoms with Crippen molar-refractivity contribution >= 4 is 11.8 Å². The van der Waals surface area contributed by atoms with Crippen LogP contribution in [0.1, 0.15) is 23.6 Å². The zero-order chi connectivity index (χ0) is 18.2. The van der Waals surface area contributed by atoms with E-state index in [-0.39, 0.29) is 11.8 Å². The predicted molar refractivity (Wildman–Crippen MR) is 100 cm³/mol. The Hall–Kier alpha value is -2.62. The van der Waals surface area contributed by atoms with Crippen molar-refractivity contribution in [2.45, 2.75) is 32.7 Å². The maximum atomic E-state index is 12.9. The van der Waals surface area contributed by atoms with Crippen LogP contribution in [0.3, 0.4) is 0 Å². The number of aryl methyl sites for hydroxylation is 1. The minimum absolute atomic E-state index is 0.0300. The summed E-state index contributed by atoms with van der Waals surface area (Å²) in [6.07, 6.45) is 1.03. The first-order valence-electron chi connectivity index (χ1n) is 8.62. The van der Waals surface area contributed by atoms with E-state index in [1.807, 2.05) is 61.5 Å². The first-order chi connectivity index (χ1) is 12.0. The molecule has 2 aromatic carbocycles. The molecule has 0 bridgehead atoms. The Morgan fingerprint density at radius 1 is 1.04 bits per heavy atom. The lowest BCUT2D eigenvalue weighted by Crippen LogP contribution is -2.48. The summed E-state index contributed by atoms with van der Waals surface area (Å²) < 4.78 is 0. The van der Waals surface area contributed by atoms with E-state index in [0.717, 1.165) is 23.1 Å². The van der Waals surface area contributed by atoms with Crippen molar-refractivity contribution in [3.8, 4) is 0 Å². The molecule has 2 rings (SSSR count). The Kier molecular flexibility index (Phi) is 6.75. The van der Waals surface area contributed by atoms with Crippen LogP contribution >= 0.6 is 0 Å². The van der Waals surface area contributed by atoms with Gasteiger partial charge in [-0.2, -0.15) is 0 Å². The van der Waals surface area contributed by atoms with E-state index < -0.39 is 6.04 Å². The summed E-state index contributed by atoms with van der Waals surface area (Å²) in [6.45, 7) is 4.30. The van der Waals surface area contributed by atoms with E-state index in [1.54, 1.807) is 18.9 Å². The highest BCUT2D eigenvalue weighted by Gasteiger charge is 2.25. The molecule has 0 radical (unpaired) electrons. The number of hydrogen-bond acceptors (Lipinski definition) is 2. The quantitative estimate of drug-likeness (QED) is 0.844. The van der Waals surface area contributed by atoms with Crippen LogP contribution in [0.2, 0.25) is 0 Å². The number of carbonyl (C=O) groups excluding carboxylic acids is 2. The van der Waals surface area contributed by atoms with E-state index in [2.05, 4.69) is 5.32 Å². The summed E-state index contributed by atoms with van der Waals surface area (Å²) in [5.74, 6) is -0.178. The highest BCUT2D eigenvalue weighted by molar-refractivity contribution is 5.88. The lowest BCUT2D eigenvalue weighted by atomic mass is 10.1. The number of hydrogen-bond donors (Lipinski definition) is 1. The smallest absolute Gasteiger partial charge is 0.242 e. The van der Waals surface area contributed by atoms with Gasteiger partial charge in [0.25, 0.3) is 0 Å². The van der Waals surface area contributed by atoms with E-state index >= 15 is 0 Å². The van der Waals surface area contributed by atoms with Crippen molar-refractivity contribution in [3.63, 3.8) is 0 Å². The molecule has 0 aliphatic heterocycles. The fourth-order valence-electron chi connectivity index (χ4n) is 2.88. The third kappa shape index (κ3) is 5.45. The van der Waals surface area contributed by atoms with Crippen molar-refractivity contribution in [1.29, 1.82) is 0 Å². The number of nitrogens with one attached hydrogen (secondary N) is 1. The Morgan fingerprint density at radius 2 is 1.72 bits per heavy atom. The van der Waals surface area contributed by atoms with Crippen LogP contribution in [0.5, 0.6) is 0 Å². The molecule has 0 saturated heterocycles. The molecule has 2 aromatic rings. The largest absolute Gasteiger partial charge is 0.357 e. The van der Waals surface area contributed by atoms with E-state index in [0.29, 0.717) is 13.0 Å². The monoisotopic (exact) mass is 338 g/mol. The number of amides is 2. The van der Waals surface area contributed by atoms with Crippen molar-refractivity contribution in [2.24, 2.45) is 0 Å². The number of carbonyl (C=O) groups is 2. The van der Waals surface area contributed by atoms with Gasteiger partial charge in [-0.05, 0) is 31.4 Å². The molecule has 0 unspecified atom stereocenters. The van der Waals surface area contributed by atoms with Gasteiger partial charge in [0.15, 0.2) is 0 Å². The van der Waals surface area contributed by atoms with E-state index in [1.165, 1.54) is 0 Å². The SMILES string of the molecule is CNC(=O)[C@H](C)N(CCc1ccccc1)C(=O)Cc1cccc(C)c1. The predicted octanol–water partition coefficient (Wildman–Crippen LogP) is 2.74. The molecule has 4 heteroatoms. The summed E-state index contributed by atoms with van der Waals surface area (Å²) in [5, 5.41) is 2.64. The van der Waals surface area contributed by atoms with Crippen LogP contribution in [0.4, 0.5) is 0 Å². The van der Waals surface area contributed by atoms with Gasteiger partial charge in [0.2, 0.25) is 11.8 Å². The molecule has 0 aliphatic rings. The topological polar surface area (TPSA) is 49.4 Å². The lowest BCUT2D eigenvalue weighted by Gasteiger charge is -2.28. The summed E-state index contributed by atoms with van der Waals surface area (Å²) in [5.41, 5.74) is 3.25. The molecule has 0 aliphatic carbocycles. The van der Waals surface area contributed by atoms with Gasteiger partial charge >= 0.3 is 0 Å². The number of benzene rings is 2. The van der Waals surface area contributed by atoms with Crippen LogP contribution in [0.15, 0.2) is 54.6 Å². The number of likely N-dealkylation sites (N-methyl/N-ethyl adjacent to an activating group) is 1. The van der Waals surface area contributed by atoms with Crippen LogP contribution in [0, 0.1) is 6.92 Å². The second-order valence-corrected chi connectivity index (χ2v) is 6.28. The van der Waals surface area contributed by atoms with Gasteiger partial charge in [0.05, 0.1) is 6.42 Å². The lowest BCUT2D eigenvalue weighted by molar-refractivity contribution is -0.139. The molecule has 2 amide bonds. The van der Waals surface area contributed by atoms with Crippen LogP contribution in [-0.2, 0) is 22.4 Å². The van der Waals surface area contributed by atoms with Gasteiger partial charge in [-0.25, -0.2) is 0 Å². The average Bonchev–Trinajstić information content (AvgIpc) is 2.62. The second-order valence-electron chi connectivity index (χ2n) is 6.28. The average molecular weight is 338 g/mol. The third-order valence-electron chi connectivity index (χ3n) is 4.34. The molecule has 1 atom stereocenters. The highest BCUT2D eigenvalue weighted by atomic mass is 16.2. The van der Waals surface area contributed by atoms with Crippen LogP contribution < -0.4 is 5.32 Å². The molecular weight excluding hydrogens is 312 g/mol. The van der Waals surface area contributed by atoms with Crippen molar-refractivity contribution < 1.29 is 9.59 Å². The summed E-state index contributed by atoms with van der Waals surface area (Å²) in [6, 6.07) is 17.4. The summed E-state index contributed by atoms with van der Waals surface area (Å²) in [4.78, 5) is 26.6. The zero-order valence-electron chi connectivity index (χ0n) is 15.2. The highest BCUT2D eigenvalue weighted by Crippen LogP contribution is 2.11. The van der Waals surface area contributed by atoms with Gasteiger partial charge in [-0.3, -0.25) is 9.59 Å². The molecule has 25 heavy (non-hydrogen) atoms. The molecule has 0 heterocycles. The second kappa shape index (κ2) is 9.02. The molecular formula is C21H26N2O2. The van der Waals surface area contributed by atoms with Gasteiger partial charge in [0.1, 0.15) is 6.04 Å². The first-order valence-corrected chi connectivity index (χ1v) is 8.62. The minimum atomic E-state index is -0.494. The molecule has 4 nitrogen and oxygen atoms in total. The fourth-order valence-corrected chi connectivity index (χ4v) is 2.88. The van der Waals surface area contributed by atoms with Crippen molar-refractivity contribution in [1.82, 2.24) is 10.2 Å². The first kappa shape index (κ1) is 18.7. The zero-order valence-corrected chi connectivity index (χ0v) is 15.2. The molecule has 0 aromatic heterocycles. The van der Waals surface area contributed by atoms with Crippen LogP contribution in [0.25, 0.3) is 0 Å². The van der Waals surface area contributed by atoms with Crippen molar-refractivity contribution in [3.05, 3.63) is 71.3 Å². The van der Waals surface area contributed by atoms with E-state index in [4.69, 9.17) is 0 Å². The standard InChI is InChI=1S/C21H26N2O2/c1-16-8-7-11-19(14-16)15-20(24)23(17(2)21(25)22-3)13-12-18-9-5-4-6-10-18/h4-11,14,17H,12-13,15H2,1-3H3,(H,22,25)/t17-/m0/s1. The molecule has 0 saturated carbocycles. The van der Waals surface area contributed by atoms with Crippen molar-refractivity contribution in [2.75, 3.05) is 13.6 Å². The minimum Gasteiger partial charge on any atom is -0.357 e. The Labute approximate surface area is 149 Å². The maximum Gasteiger partial charge on any atom is 0.242 e. The fraction of sp³-hybridized carbons (Fsp3) is 0.333. The normalized spacial score (nSPS) is 11.6. The summed E-state index contributed by atoms with van der Waals surface area (Å²) >= 11 is 0. The Balaban J connectivity index is 2.12. The molecule has 0 fully saturated rings. The Bertz CT molecular complexity index is 713. The molecule has 1 N–H and O–H groups in total. The third-order valence-corrected chi connectivity index (χ3v) is 4.34. The number of nitrogens with zero attached hydrogens (tertiary/aromatic N) is 1. The Morgan fingerprint density at radius 3 is 2.36 bits per heavy atom. The van der Waals surface area contributed by atoms with Gasteiger partial charge in [-0.15, -0.1) is 0 Å². The van der Waals surface area contributed by atoms with E-state index in [9.17, 15) is 9.59 Å². The summed E-state index contributed by atoms with van der Waals surface area (Å²) in [7, 11) is 1.60. The van der Waals surface area contributed by atoms with Gasteiger partial charge in [-0.1, -0.05) is 60.2 Å². The van der Waals surface area contributed by atoms with Crippen LogP contribution in [-0.4, -0.2) is 36.3 Å². The molecule has 0 spiro atoms. The molecule has 132 valence electrons. The maximum absolute atomic E-state index is 12.9. The number of rotatable bonds is 7.